The largest absolute Gasteiger partial charge is 0.508 e. The Morgan fingerprint density at radius 2 is 1.69 bits per heavy atom. The molecule has 1 aliphatic heterocycles. The first-order chi connectivity index (χ1) is 23.2. The Kier molecular flexibility index (Phi) is 14.6. The molecular formula is C37H53N5O7. The van der Waals surface area contributed by atoms with E-state index in [1.807, 2.05) is 58.0 Å². The lowest BCUT2D eigenvalue weighted by molar-refractivity contribution is -0.147. The molecule has 0 aliphatic carbocycles. The second kappa shape index (κ2) is 18.4. The third-order valence-electron chi connectivity index (χ3n) is 8.82. The van der Waals surface area contributed by atoms with Crippen LogP contribution in [0, 0.1) is 11.8 Å². The van der Waals surface area contributed by atoms with E-state index in [1.54, 1.807) is 24.3 Å². The number of hydrogen-bond donors (Lipinski definition) is 5. The number of benzene rings is 2. The lowest BCUT2D eigenvalue weighted by atomic mass is 9.87. The summed E-state index contributed by atoms with van der Waals surface area (Å²) in [6.45, 7) is 7.46. The van der Waals surface area contributed by atoms with Crippen molar-refractivity contribution in [1.29, 1.82) is 0 Å². The highest BCUT2D eigenvalue weighted by atomic mass is 16.5. The highest BCUT2D eigenvalue weighted by Gasteiger charge is 2.35. The molecule has 1 fully saturated rings. The van der Waals surface area contributed by atoms with Gasteiger partial charge in [0.15, 0.2) is 0 Å². The van der Waals surface area contributed by atoms with Crippen LogP contribution < -0.4 is 21.7 Å². The molecule has 3 rings (SSSR count). The van der Waals surface area contributed by atoms with Crippen LogP contribution in [0.3, 0.4) is 0 Å². The van der Waals surface area contributed by atoms with Gasteiger partial charge in [-0.15, -0.1) is 0 Å². The van der Waals surface area contributed by atoms with Crippen molar-refractivity contribution in [1.82, 2.24) is 20.9 Å². The molecule has 1 saturated heterocycles. The number of rotatable bonds is 11. The summed E-state index contributed by atoms with van der Waals surface area (Å²) >= 11 is 0. The molecule has 0 aromatic heterocycles. The molecule has 1 heterocycles. The van der Waals surface area contributed by atoms with Gasteiger partial charge in [-0.2, -0.15) is 0 Å². The van der Waals surface area contributed by atoms with Crippen molar-refractivity contribution in [2.45, 2.75) is 96.3 Å². The average molecular weight is 680 g/mol. The monoisotopic (exact) mass is 679 g/mol. The van der Waals surface area contributed by atoms with E-state index >= 15 is 0 Å². The Labute approximate surface area is 289 Å². The van der Waals surface area contributed by atoms with Crippen LogP contribution in [0.2, 0.25) is 0 Å². The van der Waals surface area contributed by atoms with E-state index in [9.17, 15) is 29.1 Å². The molecular weight excluding hydrogens is 626 g/mol. The first-order valence-electron chi connectivity index (χ1n) is 17.0. The maximum absolute atomic E-state index is 14.0. The van der Waals surface area contributed by atoms with E-state index in [2.05, 4.69) is 16.0 Å². The highest BCUT2D eigenvalue weighted by Crippen LogP contribution is 2.22. The fourth-order valence-corrected chi connectivity index (χ4v) is 6.15. The van der Waals surface area contributed by atoms with E-state index in [0.717, 1.165) is 11.1 Å². The highest BCUT2D eigenvalue weighted by molar-refractivity contribution is 5.92. The number of amides is 4. The number of esters is 1. The van der Waals surface area contributed by atoms with Crippen molar-refractivity contribution in [2.24, 2.45) is 17.6 Å². The molecule has 0 radical (unpaired) electrons. The third kappa shape index (κ3) is 12.5. The number of hydrogen-bond acceptors (Lipinski definition) is 8. The Hall–Kier alpha value is -4.45. The number of carbonyl (C=O) groups excluding carboxylic acids is 5. The van der Waals surface area contributed by atoms with Crippen LogP contribution >= 0.6 is 0 Å². The molecule has 49 heavy (non-hydrogen) atoms. The van der Waals surface area contributed by atoms with Gasteiger partial charge < -0.3 is 36.4 Å². The zero-order valence-corrected chi connectivity index (χ0v) is 29.4. The van der Waals surface area contributed by atoms with Gasteiger partial charge in [0.1, 0.15) is 17.8 Å². The molecule has 4 atom stereocenters. The molecule has 4 amide bonds. The van der Waals surface area contributed by atoms with Gasteiger partial charge in [0.05, 0.1) is 19.6 Å². The van der Waals surface area contributed by atoms with E-state index < -0.39 is 53.3 Å². The van der Waals surface area contributed by atoms with Crippen molar-refractivity contribution in [2.75, 3.05) is 20.2 Å². The number of methoxy groups -OCH3 is 1. The van der Waals surface area contributed by atoms with Gasteiger partial charge >= 0.3 is 5.97 Å². The van der Waals surface area contributed by atoms with Gasteiger partial charge in [-0.25, -0.2) is 4.79 Å². The summed E-state index contributed by atoms with van der Waals surface area (Å²) in [4.78, 5) is 68.6. The normalized spacial score (nSPS) is 19.5. The number of aromatic hydroxyl groups is 1. The molecule has 2 aromatic carbocycles. The van der Waals surface area contributed by atoms with Crippen molar-refractivity contribution in [3.8, 4) is 5.75 Å². The Morgan fingerprint density at radius 1 is 1.04 bits per heavy atom. The van der Waals surface area contributed by atoms with Gasteiger partial charge in [0.2, 0.25) is 23.6 Å². The van der Waals surface area contributed by atoms with Crippen molar-refractivity contribution in [3.05, 3.63) is 65.7 Å². The lowest BCUT2D eigenvalue weighted by Crippen LogP contribution is -2.56. The standard InChI is InChI=1S/C37H53N5O7/c1-24(2)20-30(36(48)49-5)40-35(47)31(22-25-10-7-6-8-11-25)42-19-9-18-37(3,4)41-34(46)28(16-17-32(44)39-23-33(42)45)29(38)21-26-12-14-27(43)15-13-26/h6-8,10-15,24,28-31,43H,9,16-23,38H2,1-5H3,(H,39,44)(H,40,47)(H,41,46)/t28-,29-,30-,31-/m0/s1. The van der Waals surface area contributed by atoms with E-state index in [-0.39, 0.29) is 49.9 Å². The molecule has 12 heteroatoms. The minimum Gasteiger partial charge on any atom is -0.508 e. The summed E-state index contributed by atoms with van der Waals surface area (Å²) in [6.07, 6.45) is 1.94. The fraction of sp³-hybridized carbons (Fsp3) is 0.541. The predicted molar refractivity (Wildman–Crippen MR) is 186 cm³/mol. The van der Waals surface area contributed by atoms with Crippen LogP contribution in [0.4, 0.5) is 0 Å². The zero-order valence-electron chi connectivity index (χ0n) is 29.4. The van der Waals surface area contributed by atoms with E-state index in [4.69, 9.17) is 10.5 Å². The number of phenolic OH excluding ortho intramolecular Hbond substituents is 1. The molecule has 12 nitrogen and oxygen atoms in total. The number of nitrogens with two attached hydrogens (primary N) is 1. The molecule has 0 bridgehead atoms. The number of phenols is 1. The molecule has 6 N–H and O–H groups in total. The summed E-state index contributed by atoms with van der Waals surface area (Å²) in [6, 6.07) is 13.4. The average Bonchev–Trinajstić information content (AvgIpc) is 3.04. The van der Waals surface area contributed by atoms with Gasteiger partial charge in [-0.05, 0) is 75.1 Å². The summed E-state index contributed by atoms with van der Waals surface area (Å²) in [5.74, 6) is -2.67. The number of carbonyl (C=O) groups is 5. The molecule has 0 spiro atoms. The Balaban J connectivity index is 1.86. The van der Waals surface area contributed by atoms with Crippen molar-refractivity contribution in [3.63, 3.8) is 0 Å². The molecule has 1 aliphatic rings. The van der Waals surface area contributed by atoms with Crippen molar-refractivity contribution < 1.29 is 33.8 Å². The SMILES string of the molecule is COC(=O)[C@H](CC(C)C)NC(=O)[C@H](Cc1ccccc1)N1CCCC(C)(C)NC(=O)[C@H]([C@@H](N)Cc2ccc(O)cc2)CCC(=O)NCC1=O. The zero-order chi connectivity index (χ0) is 36.1. The van der Waals surface area contributed by atoms with Crippen LogP contribution in [0.15, 0.2) is 54.6 Å². The van der Waals surface area contributed by atoms with Crippen LogP contribution in [0.1, 0.15) is 70.9 Å². The van der Waals surface area contributed by atoms with Crippen LogP contribution in [-0.4, -0.2) is 83.5 Å². The second-order valence-electron chi connectivity index (χ2n) is 13.9. The Morgan fingerprint density at radius 3 is 2.33 bits per heavy atom. The Bertz CT molecular complexity index is 1410. The first-order valence-corrected chi connectivity index (χ1v) is 17.0. The molecule has 0 unspecified atom stereocenters. The number of nitrogens with zero attached hydrogens (tertiary/aromatic N) is 1. The van der Waals surface area contributed by atoms with Gasteiger partial charge in [0, 0.05) is 31.0 Å². The number of nitrogens with one attached hydrogen (secondary N) is 3. The third-order valence-corrected chi connectivity index (χ3v) is 8.82. The molecule has 268 valence electrons. The first kappa shape index (κ1) is 39.0. The topological polar surface area (TPSA) is 180 Å². The summed E-state index contributed by atoms with van der Waals surface area (Å²) in [7, 11) is 1.27. The van der Waals surface area contributed by atoms with Crippen LogP contribution in [0.25, 0.3) is 0 Å². The van der Waals surface area contributed by atoms with Gasteiger partial charge in [-0.1, -0.05) is 56.3 Å². The lowest BCUT2D eigenvalue weighted by Gasteiger charge is -2.35. The molecule has 0 saturated carbocycles. The fourth-order valence-electron chi connectivity index (χ4n) is 6.15. The summed E-state index contributed by atoms with van der Waals surface area (Å²) < 4.78 is 4.96. The van der Waals surface area contributed by atoms with Crippen LogP contribution in [-0.2, 0) is 41.6 Å². The summed E-state index contributed by atoms with van der Waals surface area (Å²) in [5.41, 5.74) is 7.52. The van der Waals surface area contributed by atoms with Crippen LogP contribution in [0.5, 0.6) is 5.75 Å². The smallest absolute Gasteiger partial charge is 0.328 e. The quantitative estimate of drug-likeness (QED) is 0.225. The minimum atomic E-state index is -0.987. The van der Waals surface area contributed by atoms with Gasteiger partial charge in [-0.3, -0.25) is 19.2 Å². The van der Waals surface area contributed by atoms with E-state index in [0.29, 0.717) is 25.7 Å². The maximum Gasteiger partial charge on any atom is 0.328 e. The minimum absolute atomic E-state index is 0.0426. The predicted octanol–water partition coefficient (Wildman–Crippen LogP) is 2.61. The maximum atomic E-state index is 14.0. The van der Waals surface area contributed by atoms with Gasteiger partial charge in [0.25, 0.3) is 0 Å². The summed E-state index contributed by atoms with van der Waals surface area (Å²) in [5, 5.41) is 18.3. The van der Waals surface area contributed by atoms with E-state index in [1.165, 1.54) is 12.0 Å². The second-order valence-corrected chi connectivity index (χ2v) is 13.9. The molecule has 2 aromatic rings. The number of ether oxygens (including phenoxy) is 1. The van der Waals surface area contributed by atoms with Crippen molar-refractivity contribution >= 4 is 29.6 Å².